The minimum absolute atomic E-state index is 0.189. The second-order valence-electron chi connectivity index (χ2n) is 4.86. The van der Waals surface area contributed by atoms with Gasteiger partial charge in [0.05, 0.1) is 20.8 Å². The average molecular weight is 337 g/mol. The highest BCUT2D eigenvalue weighted by molar-refractivity contribution is 5.93. The zero-order valence-electron chi connectivity index (χ0n) is 14.8. The van der Waals surface area contributed by atoms with Gasteiger partial charge in [-0.25, -0.2) is 0 Å². The summed E-state index contributed by atoms with van der Waals surface area (Å²) >= 11 is 0. The molecule has 2 N–H and O–H groups in total. The lowest BCUT2D eigenvalue weighted by Crippen LogP contribution is -2.30. The molecule has 0 aromatic heterocycles. The van der Waals surface area contributed by atoms with Gasteiger partial charge in [0.15, 0.2) is 17.5 Å². The molecule has 134 valence electrons. The second-order valence-corrected chi connectivity index (χ2v) is 4.86. The predicted molar refractivity (Wildman–Crippen MR) is 95.0 cm³/mol. The van der Waals surface area contributed by atoms with E-state index in [4.69, 9.17) is 14.2 Å². The third-order valence-electron chi connectivity index (χ3n) is 3.10. The molecule has 7 heteroatoms. The number of aliphatic imine (C=N–C) groups is 1. The van der Waals surface area contributed by atoms with Crippen LogP contribution < -0.4 is 20.1 Å². The fraction of sp³-hybridized carbons (Fsp3) is 0.529. The number of esters is 1. The zero-order chi connectivity index (χ0) is 17.8. The Bertz CT molecular complexity index is 547. The zero-order valence-corrected chi connectivity index (χ0v) is 14.8. The molecule has 0 fully saturated rings. The Morgan fingerprint density at radius 2 is 1.92 bits per heavy atom. The standard InChI is InChI=1S/C17H27N3O4/c1-5-18-17(19-11-7-8-16(21)24-6-2)20-13-9-10-14(22-3)15(12-13)23-4/h9-10,12H,5-8,11H2,1-4H3,(H2,18,19,20). The highest BCUT2D eigenvalue weighted by atomic mass is 16.5. The van der Waals surface area contributed by atoms with E-state index in [0.29, 0.717) is 43.5 Å². The quantitative estimate of drug-likeness (QED) is 0.312. The number of methoxy groups -OCH3 is 2. The van der Waals surface area contributed by atoms with E-state index in [1.54, 1.807) is 21.1 Å². The second kappa shape index (κ2) is 11.2. The summed E-state index contributed by atoms with van der Waals surface area (Å²) in [7, 11) is 3.19. The van der Waals surface area contributed by atoms with Crippen LogP contribution in [0.5, 0.6) is 11.5 Å². The third kappa shape index (κ3) is 6.76. The maximum Gasteiger partial charge on any atom is 0.305 e. The molecule has 0 atom stereocenters. The summed E-state index contributed by atoms with van der Waals surface area (Å²) in [6.45, 7) is 5.46. The van der Waals surface area contributed by atoms with Crippen molar-refractivity contribution >= 4 is 17.6 Å². The number of carbonyl (C=O) groups excluding carboxylic acids is 1. The van der Waals surface area contributed by atoms with Crippen LogP contribution in [-0.4, -0.2) is 45.8 Å². The van der Waals surface area contributed by atoms with Gasteiger partial charge >= 0.3 is 5.97 Å². The molecule has 0 radical (unpaired) electrons. The van der Waals surface area contributed by atoms with Crippen molar-refractivity contribution in [1.29, 1.82) is 0 Å². The van der Waals surface area contributed by atoms with Crippen LogP contribution in [0.15, 0.2) is 23.2 Å². The summed E-state index contributed by atoms with van der Waals surface area (Å²) in [5.41, 5.74) is 0.831. The highest BCUT2D eigenvalue weighted by Crippen LogP contribution is 2.29. The first-order valence-electron chi connectivity index (χ1n) is 8.07. The Morgan fingerprint density at radius 3 is 2.54 bits per heavy atom. The van der Waals surface area contributed by atoms with Crippen LogP contribution in [0.3, 0.4) is 0 Å². The van der Waals surface area contributed by atoms with Crippen LogP contribution in [0.1, 0.15) is 26.7 Å². The normalized spacial score (nSPS) is 10.9. The van der Waals surface area contributed by atoms with Gasteiger partial charge in [-0.3, -0.25) is 9.79 Å². The van der Waals surface area contributed by atoms with E-state index < -0.39 is 0 Å². The van der Waals surface area contributed by atoms with Crippen molar-refractivity contribution in [3.05, 3.63) is 18.2 Å². The van der Waals surface area contributed by atoms with Crippen molar-refractivity contribution in [2.24, 2.45) is 4.99 Å². The van der Waals surface area contributed by atoms with Crippen LogP contribution in [0.25, 0.3) is 0 Å². The molecule has 0 heterocycles. The summed E-state index contributed by atoms with van der Waals surface area (Å²) in [5, 5.41) is 6.37. The van der Waals surface area contributed by atoms with Crippen LogP contribution in [0, 0.1) is 0 Å². The Hall–Kier alpha value is -2.44. The van der Waals surface area contributed by atoms with Gasteiger partial charge in [-0.15, -0.1) is 0 Å². The Kier molecular flexibility index (Phi) is 9.11. The Labute approximate surface area is 143 Å². The van der Waals surface area contributed by atoms with Gasteiger partial charge in [0.1, 0.15) is 0 Å². The van der Waals surface area contributed by atoms with Gasteiger partial charge in [0.2, 0.25) is 0 Å². The van der Waals surface area contributed by atoms with Gasteiger partial charge in [0.25, 0.3) is 0 Å². The molecule has 0 saturated carbocycles. The number of hydrogen-bond donors (Lipinski definition) is 2. The van der Waals surface area contributed by atoms with Crippen molar-refractivity contribution < 1.29 is 19.0 Å². The van der Waals surface area contributed by atoms with Gasteiger partial charge in [0, 0.05) is 31.3 Å². The van der Waals surface area contributed by atoms with Gasteiger partial charge in [-0.2, -0.15) is 0 Å². The van der Waals surface area contributed by atoms with Crippen molar-refractivity contribution in [1.82, 2.24) is 5.32 Å². The molecule has 0 unspecified atom stereocenters. The van der Waals surface area contributed by atoms with Gasteiger partial charge in [-0.05, 0) is 32.4 Å². The first kappa shape index (κ1) is 19.6. The number of hydrogen-bond acceptors (Lipinski definition) is 5. The van der Waals surface area contributed by atoms with E-state index in [1.807, 2.05) is 25.1 Å². The molecule has 0 spiro atoms. The van der Waals surface area contributed by atoms with Crippen LogP contribution in [-0.2, 0) is 9.53 Å². The van der Waals surface area contributed by atoms with E-state index in [9.17, 15) is 4.79 Å². The number of rotatable bonds is 9. The number of anilines is 1. The summed E-state index contributed by atoms with van der Waals surface area (Å²) in [5.74, 6) is 1.76. The van der Waals surface area contributed by atoms with Gasteiger partial charge in [-0.1, -0.05) is 0 Å². The number of benzene rings is 1. The predicted octanol–water partition coefficient (Wildman–Crippen LogP) is 2.42. The molecule has 0 amide bonds. The van der Waals surface area contributed by atoms with Crippen LogP contribution in [0.4, 0.5) is 5.69 Å². The largest absolute Gasteiger partial charge is 0.493 e. The highest BCUT2D eigenvalue weighted by Gasteiger charge is 2.06. The van der Waals surface area contributed by atoms with Crippen molar-refractivity contribution in [3.8, 4) is 11.5 Å². The number of nitrogens with zero attached hydrogens (tertiary/aromatic N) is 1. The van der Waals surface area contributed by atoms with Crippen molar-refractivity contribution in [3.63, 3.8) is 0 Å². The Morgan fingerprint density at radius 1 is 1.17 bits per heavy atom. The molecule has 0 saturated heterocycles. The van der Waals surface area contributed by atoms with Gasteiger partial charge < -0.3 is 24.8 Å². The van der Waals surface area contributed by atoms with Crippen molar-refractivity contribution in [2.45, 2.75) is 26.7 Å². The fourth-order valence-corrected chi connectivity index (χ4v) is 2.01. The summed E-state index contributed by atoms with van der Waals surface area (Å²) in [6, 6.07) is 5.54. The summed E-state index contributed by atoms with van der Waals surface area (Å²) < 4.78 is 15.4. The Balaban J connectivity index is 2.64. The molecule has 0 aliphatic carbocycles. The minimum atomic E-state index is -0.189. The molecular weight excluding hydrogens is 310 g/mol. The van der Waals surface area contributed by atoms with E-state index in [1.165, 1.54) is 0 Å². The molecule has 1 rings (SSSR count). The number of nitrogens with one attached hydrogen (secondary N) is 2. The monoisotopic (exact) mass is 337 g/mol. The number of guanidine groups is 1. The maximum absolute atomic E-state index is 11.3. The lowest BCUT2D eigenvalue weighted by atomic mass is 10.2. The third-order valence-corrected chi connectivity index (χ3v) is 3.10. The maximum atomic E-state index is 11.3. The SMILES string of the molecule is CCNC(=NCCCC(=O)OCC)Nc1ccc(OC)c(OC)c1. The number of carbonyl (C=O) groups is 1. The fourth-order valence-electron chi connectivity index (χ4n) is 2.01. The van der Waals surface area contributed by atoms with E-state index in [2.05, 4.69) is 15.6 Å². The van der Waals surface area contributed by atoms with E-state index in [-0.39, 0.29) is 5.97 Å². The first-order chi connectivity index (χ1) is 11.6. The minimum Gasteiger partial charge on any atom is -0.493 e. The van der Waals surface area contributed by atoms with Crippen molar-refractivity contribution in [2.75, 3.05) is 39.2 Å². The lowest BCUT2D eigenvalue weighted by Gasteiger charge is -2.13. The molecule has 0 bridgehead atoms. The van der Waals surface area contributed by atoms with E-state index >= 15 is 0 Å². The lowest BCUT2D eigenvalue weighted by molar-refractivity contribution is -0.143. The van der Waals surface area contributed by atoms with Crippen LogP contribution in [0.2, 0.25) is 0 Å². The molecule has 24 heavy (non-hydrogen) atoms. The average Bonchev–Trinajstić information content (AvgIpc) is 2.59. The molecule has 7 nitrogen and oxygen atoms in total. The molecule has 0 aliphatic heterocycles. The topological polar surface area (TPSA) is 81.2 Å². The molecule has 1 aromatic carbocycles. The first-order valence-corrected chi connectivity index (χ1v) is 8.07. The molecule has 0 aliphatic rings. The van der Waals surface area contributed by atoms with E-state index in [0.717, 1.165) is 12.2 Å². The smallest absolute Gasteiger partial charge is 0.305 e. The van der Waals surface area contributed by atoms with Crippen LogP contribution >= 0.6 is 0 Å². The molecule has 1 aromatic rings. The molecular formula is C17H27N3O4. The summed E-state index contributed by atoms with van der Waals surface area (Å²) in [4.78, 5) is 15.8. The summed E-state index contributed by atoms with van der Waals surface area (Å²) in [6.07, 6.45) is 1.01. The number of ether oxygens (including phenoxy) is 3.